The van der Waals surface area contributed by atoms with Crippen molar-refractivity contribution in [1.82, 2.24) is 0 Å². The van der Waals surface area contributed by atoms with Crippen LogP contribution in [-0.2, 0) is 0 Å². The summed E-state index contributed by atoms with van der Waals surface area (Å²) in [7, 11) is 1.61. The van der Waals surface area contributed by atoms with Crippen molar-refractivity contribution in [3.8, 4) is 11.5 Å². The van der Waals surface area contributed by atoms with E-state index in [4.69, 9.17) is 9.47 Å². The third-order valence-electron chi connectivity index (χ3n) is 3.52. The van der Waals surface area contributed by atoms with Gasteiger partial charge in [-0.15, -0.1) is 0 Å². The molecule has 2 aromatic carbocycles. The van der Waals surface area contributed by atoms with Crippen LogP contribution in [0.1, 0.15) is 29.8 Å². The van der Waals surface area contributed by atoms with Crippen LogP contribution in [0, 0.1) is 0 Å². The molecule has 0 radical (unpaired) electrons. The van der Waals surface area contributed by atoms with Crippen molar-refractivity contribution in [3.63, 3.8) is 0 Å². The molecule has 1 aliphatic heterocycles. The van der Waals surface area contributed by atoms with Crippen LogP contribution in [0.3, 0.4) is 0 Å². The summed E-state index contributed by atoms with van der Waals surface area (Å²) < 4.78 is 12.2. The first-order valence-corrected chi connectivity index (χ1v) is 7.25. The zero-order chi connectivity index (χ0) is 14.1. The Kier molecular flexibility index (Phi) is 3.68. The van der Waals surface area contributed by atoms with Crippen LogP contribution in [0.2, 0.25) is 0 Å². The van der Waals surface area contributed by atoms with Gasteiger partial charge in [0, 0.05) is 16.5 Å². The van der Waals surface area contributed by atoms with E-state index in [2.05, 4.69) is 15.9 Å². The SMILES string of the molecule is COc1ccc2c(c1)C(O)CC(c1ccc(Br)cc1)O2. The number of ether oxygens (including phenoxy) is 2. The number of halogens is 1. The first kappa shape index (κ1) is 13.5. The highest BCUT2D eigenvalue weighted by Crippen LogP contribution is 2.42. The van der Waals surface area contributed by atoms with E-state index in [0.29, 0.717) is 6.42 Å². The van der Waals surface area contributed by atoms with Crippen LogP contribution in [0.4, 0.5) is 0 Å². The average molecular weight is 335 g/mol. The van der Waals surface area contributed by atoms with Crippen molar-refractivity contribution in [2.75, 3.05) is 7.11 Å². The lowest BCUT2D eigenvalue weighted by molar-refractivity contribution is 0.0654. The maximum atomic E-state index is 10.3. The van der Waals surface area contributed by atoms with Crippen LogP contribution < -0.4 is 9.47 Å². The van der Waals surface area contributed by atoms with Gasteiger partial charge in [0.25, 0.3) is 0 Å². The van der Waals surface area contributed by atoms with Gasteiger partial charge in [-0.3, -0.25) is 0 Å². The quantitative estimate of drug-likeness (QED) is 0.901. The second kappa shape index (κ2) is 5.46. The number of methoxy groups -OCH3 is 1. The number of rotatable bonds is 2. The molecule has 0 spiro atoms. The third-order valence-corrected chi connectivity index (χ3v) is 4.05. The van der Waals surface area contributed by atoms with Gasteiger partial charge in [0.1, 0.15) is 17.6 Å². The van der Waals surface area contributed by atoms with Gasteiger partial charge < -0.3 is 14.6 Å². The Morgan fingerprint density at radius 3 is 2.65 bits per heavy atom. The molecule has 0 aromatic heterocycles. The van der Waals surface area contributed by atoms with Crippen molar-refractivity contribution in [1.29, 1.82) is 0 Å². The van der Waals surface area contributed by atoms with Crippen molar-refractivity contribution >= 4 is 15.9 Å². The number of benzene rings is 2. The zero-order valence-corrected chi connectivity index (χ0v) is 12.6. The minimum Gasteiger partial charge on any atom is -0.497 e. The van der Waals surface area contributed by atoms with Gasteiger partial charge in [0.2, 0.25) is 0 Å². The smallest absolute Gasteiger partial charge is 0.127 e. The molecule has 20 heavy (non-hydrogen) atoms. The van der Waals surface area contributed by atoms with Crippen molar-refractivity contribution < 1.29 is 14.6 Å². The van der Waals surface area contributed by atoms with Gasteiger partial charge in [0.15, 0.2) is 0 Å². The molecule has 0 aliphatic carbocycles. The van der Waals surface area contributed by atoms with E-state index in [-0.39, 0.29) is 6.10 Å². The number of hydrogen-bond acceptors (Lipinski definition) is 3. The third kappa shape index (κ3) is 2.53. The molecule has 3 rings (SSSR count). The molecule has 2 unspecified atom stereocenters. The molecule has 1 heterocycles. The molecule has 1 aliphatic rings. The van der Waals surface area contributed by atoms with E-state index in [1.807, 2.05) is 42.5 Å². The van der Waals surface area contributed by atoms with E-state index in [1.165, 1.54) is 0 Å². The Bertz CT molecular complexity index is 610. The predicted octanol–water partition coefficient (Wildman–Crippen LogP) is 4.01. The van der Waals surface area contributed by atoms with Gasteiger partial charge in [-0.25, -0.2) is 0 Å². The lowest BCUT2D eigenvalue weighted by Gasteiger charge is -2.30. The maximum Gasteiger partial charge on any atom is 0.127 e. The first-order valence-electron chi connectivity index (χ1n) is 6.45. The van der Waals surface area contributed by atoms with Crippen LogP contribution in [0.5, 0.6) is 11.5 Å². The van der Waals surface area contributed by atoms with Gasteiger partial charge >= 0.3 is 0 Å². The predicted molar refractivity (Wildman–Crippen MR) is 80.1 cm³/mol. The van der Waals surface area contributed by atoms with Gasteiger partial charge in [-0.1, -0.05) is 28.1 Å². The molecular weight excluding hydrogens is 320 g/mol. The van der Waals surface area contributed by atoms with E-state index >= 15 is 0 Å². The number of aliphatic hydroxyl groups is 1. The number of fused-ring (bicyclic) bond motifs is 1. The normalized spacial score (nSPS) is 20.9. The van der Waals surface area contributed by atoms with Crippen molar-refractivity contribution in [3.05, 3.63) is 58.1 Å². The summed E-state index contributed by atoms with van der Waals surface area (Å²) in [5, 5.41) is 10.3. The minimum atomic E-state index is -0.539. The van der Waals surface area contributed by atoms with Crippen LogP contribution in [0.25, 0.3) is 0 Å². The summed E-state index contributed by atoms with van der Waals surface area (Å²) in [6, 6.07) is 13.5. The largest absolute Gasteiger partial charge is 0.497 e. The van der Waals surface area contributed by atoms with Gasteiger partial charge in [-0.2, -0.15) is 0 Å². The molecule has 3 nitrogen and oxygen atoms in total. The van der Waals surface area contributed by atoms with Crippen LogP contribution >= 0.6 is 15.9 Å². The summed E-state index contributed by atoms with van der Waals surface area (Å²) in [6.45, 7) is 0. The number of hydrogen-bond donors (Lipinski definition) is 1. The highest BCUT2D eigenvalue weighted by atomic mass is 79.9. The molecule has 0 saturated carbocycles. The fraction of sp³-hybridized carbons (Fsp3) is 0.250. The fourth-order valence-electron chi connectivity index (χ4n) is 2.43. The van der Waals surface area contributed by atoms with Gasteiger partial charge in [0.05, 0.1) is 13.2 Å². The molecule has 0 bridgehead atoms. The average Bonchev–Trinajstić information content (AvgIpc) is 2.47. The Morgan fingerprint density at radius 1 is 1.20 bits per heavy atom. The molecule has 0 amide bonds. The molecule has 0 saturated heterocycles. The minimum absolute atomic E-state index is 0.126. The molecule has 2 aromatic rings. The summed E-state index contributed by atoms with van der Waals surface area (Å²) in [5.41, 5.74) is 1.85. The molecule has 104 valence electrons. The highest BCUT2D eigenvalue weighted by Gasteiger charge is 2.28. The summed E-state index contributed by atoms with van der Waals surface area (Å²) in [6.07, 6.45) is -0.122. The van der Waals surface area contributed by atoms with Gasteiger partial charge in [-0.05, 0) is 35.9 Å². The Hall–Kier alpha value is -1.52. The van der Waals surface area contributed by atoms with Crippen molar-refractivity contribution in [2.45, 2.75) is 18.6 Å². The van der Waals surface area contributed by atoms with Crippen molar-refractivity contribution in [2.24, 2.45) is 0 Å². The Morgan fingerprint density at radius 2 is 1.95 bits per heavy atom. The maximum absolute atomic E-state index is 10.3. The summed E-state index contributed by atoms with van der Waals surface area (Å²) in [5.74, 6) is 1.45. The highest BCUT2D eigenvalue weighted by molar-refractivity contribution is 9.10. The monoisotopic (exact) mass is 334 g/mol. The Balaban J connectivity index is 1.90. The molecule has 1 N–H and O–H groups in total. The van der Waals surface area contributed by atoms with E-state index < -0.39 is 6.10 Å². The summed E-state index contributed by atoms with van der Waals surface area (Å²) >= 11 is 3.42. The summed E-state index contributed by atoms with van der Waals surface area (Å²) in [4.78, 5) is 0. The standard InChI is InChI=1S/C16H15BrO3/c1-19-12-6-7-15-13(8-12)14(18)9-16(20-15)10-2-4-11(17)5-3-10/h2-8,14,16,18H,9H2,1H3. The fourth-order valence-corrected chi connectivity index (χ4v) is 2.70. The van der Waals surface area contributed by atoms with Crippen LogP contribution in [0.15, 0.2) is 46.9 Å². The molecule has 4 heteroatoms. The second-order valence-corrected chi connectivity index (χ2v) is 5.73. The second-order valence-electron chi connectivity index (χ2n) is 4.81. The lowest BCUT2D eigenvalue weighted by atomic mass is 9.95. The Labute approximate surface area is 126 Å². The zero-order valence-electron chi connectivity index (χ0n) is 11.0. The molecular formula is C16H15BrO3. The van der Waals surface area contributed by atoms with E-state index in [1.54, 1.807) is 7.11 Å². The first-order chi connectivity index (χ1) is 9.67. The lowest BCUT2D eigenvalue weighted by Crippen LogP contribution is -2.19. The van der Waals surface area contributed by atoms with E-state index in [9.17, 15) is 5.11 Å². The topological polar surface area (TPSA) is 38.7 Å². The molecule has 0 fully saturated rings. The van der Waals surface area contributed by atoms with Crippen LogP contribution in [-0.4, -0.2) is 12.2 Å². The van der Waals surface area contributed by atoms with E-state index in [0.717, 1.165) is 27.1 Å². The number of aliphatic hydroxyl groups excluding tert-OH is 1. The molecule has 2 atom stereocenters.